The number of carbonyl (C=O) groups excluding carboxylic acids is 1. The number of amides is 1. The highest BCUT2D eigenvalue weighted by Gasteiger charge is 2.09. The monoisotopic (exact) mass is 284 g/mol. The van der Waals surface area contributed by atoms with Gasteiger partial charge in [0.25, 0.3) is 0 Å². The summed E-state index contributed by atoms with van der Waals surface area (Å²) in [5.41, 5.74) is 4.24. The number of hydrogen-bond donors (Lipinski definition) is 1. The Morgan fingerprint density at radius 1 is 1.38 bits per heavy atom. The SMILES string of the molecule is C#CCOc1ccc(C=CC2=NNC(=O)CC2)cc1OC. The third-order valence-electron chi connectivity index (χ3n) is 2.90. The van der Waals surface area contributed by atoms with Gasteiger partial charge < -0.3 is 9.47 Å². The van der Waals surface area contributed by atoms with Gasteiger partial charge in [-0.1, -0.05) is 18.1 Å². The molecular weight excluding hydrogens is 268 g/mol. The van der Waals surface area contributed by atoms with Crippen LogP contribution in [0, 0.1) is 12.3 Å². The summed E-state index contributed by atoms with van der Waals surface area (Å²) in [5, 5.41) is 3.98. The Hall–Kier alpha value is -2.74. The van der Waals surface area contributed by atoms with E-state index in [0.717, 1.165) is 11.3 Å². The minimum absolute atomic E-state index is 0.0520. The molecule has 5 nitrogen and oxygen atoms in total. The van der Waals surface area contributed by atoms with Gasteiger partial charge >= 0.3 is 0 Å². The highest BCUT2D eigenvalue weighted by atomic mass is 16.5. The summed E-state index contributed by atoms with van der Waals surface area (Å²) in [5.74, 6) is 3.58. The van der Waals surface area contributed by atoms with Crippen LogP contribution in [0.25, 0.3) is 6.08 Å². The molecule has 0 saturated heterocycles. The summed E-state index contributed by atoms with van der Waals surface area (Å²) >= 11 is 0. The van der Waals surface area contributed by atoms with Crippen molar-refractivity contribution in [2.45, 2.75) is 12.8 Å². The molecule has 1 aliphatic heterocycles. The number of terminal acetylenes is 1. The van der Waals surface area contributed by atoms with Crippen molar-refractivity contribution < 1.29 is 14.3 Å². The van der Waals surface area contributed by atoms with E-state index in [-0.39, 0.29) is 12.5 Å². The van der Waals surface area contributed by atoms with E-state index in [4.69, 9.17) is 15.9 Å². The second-order valence-corrected chi connectivity index (χ2v) is 4.37. The fraction of sp³-hybridized carbons (Fsp3) is 0.250. The minimum atomic E-state index is -0.0520. The third kappa shape index (κ3) is 4.11. The van der Waals surface area contributed by atoms with Gasteiger partial charge in [-0.2, -0.15) is 5.10 Å². The number of carbonyl (C=O) groups is 1. The quantitative estimate of drug-likeness (QED) is 0.841. The number of nitrogens with zero attached hydrogens (tertiary/aromatic N) is 1. The molecule has 5 heteroatoms. The van der Waals surface area contributed by atoms with E-state index in [1.807, 2.05) is 24.3 Å². The third-order valence-corrected chi connectivity index (χ3v) is 2.90. The van der Waals surface area contributed by atoms with Gasteiger partial charge in [0.15, 0.2) is 11.5 Å². The van der Waals surface area contributed by atoms with Crippen molar-refractivity contribution in [3.05, 3.63) is 29.8 Å². The summed E-state index contributed by atoms with van der Waals surface area (Å²) in [6.07, 6.45) is 10.1. The lowest BCUT2D eigenvalue weighted by Gasteiger charge is -2.10. The molecule has 0 saturated carbocycles. The number of nitrogens with one attached hydrogen (secondary N) is 1. The summed E-state index contributed by atoms with van der Waals surface area (Å²) in [4.78, 5) is 11.0. The normalized spacial score (nSPS) is 14.3. The van der Waals surface area contributed by atoms with Gasteiger partial charge in [-0.3, -0.25) is 4.79 Å². The molecule has 0 atom stereocenters. The number of methoxy groups -OCH3 is 1. The second-order valence-electron chi connectivity index (χ2n) is 4.37. The Bertz CT molecular complexity index is 627. The number of hydrogen-bond acceptors (Lipinski definition) is 4. The van der Waals surface area contributed by atoms with Gasteiger partial charge in [-0.15, -0.1) is 6.42 Å². The van der Waals surface area contributed by atoms with Crippen LogP contribution in [0.2, 0.25) is 0 Å². The molecule has 0 fully saturated rings. The smallest absolute Gasteiger partial charge is 0.240 e. The summed E-state index contributed by atoms with van der Waals surface area (Å²) in [6, 6.07) is 5.55. The zero-order valence-corrected chi connectivity index (χ0v) is 11.8. The van der Waals surface area contributed by atoms with E-state index in [9.17, 15) is 4.79 Å². The van der Waals surface area contributed by atoms with E-state index < -0.39 is 0 Å². The van der Waals surface area contributed by atoms with Gasteiger partial charge in [0.2, 0.25) is 5.91 Å². The van der Waals surface area contributed by atoms with E-state index in [1.165, 1.54) is 0 Å². The van der Waals surface area contributed by atoms with Crippen LogP contribution in [0.5, 0.6) is 11.5 Å². The number of hydrazone groups is 1. The zero-order chi connectivity index (χ0) is 15.1. The highest BCUT2D eigenvalue weighted by Crippen LogP contribution is 2.28. The molecule has 1 aliphatic rings. The fourth-order valence-electron chi connectivity index (χ4n) is 1.83. The van der Waals surface area contributed by atoms with Gasteiger partial charge in [0.1, 0.15) is 6.61 Å². The average Bonchev–Trinajstić information content (AvgIpc) is 2.52. The molecule has 0 aliphatic carbocycles. The van der Waals surface area contributed by atoms with Crippen LogP contribution in [0.15, 0.2) is 29.4 Å². The van der Waals surface area contributed by atoms with Crippen molar-refractivity contribution in [3.8, 4) is 23.8 Å². The molecule has 0 unspecified atom stereocenters. The fourth-order valence-corrected chi connectivity index (χ4v) is 1.83. The van der Waals surface area contributed by atoms with Crippen molar-refractivity contribution in [2.24, 2.45) is 5.10 Å². The maximum absolute atomic E-state index is 11.0. The Morgan fingerprint density at radius 3 is 2.90 bits per heavy atom. The van der Waals surface area contributed by atoms with Gasteiger partial charge in [-0.05, 0) is 23.8 Å². The first-order chi connectivity index (χ1) is 10.2. The first-order valence-electron chi connectivity index (χ1n) is 6.50. The lowest BCUT2D eigenvalue weighted by atomic mass is 10.1. The molecule has 1 heterocycles. The van der Waals surface area contributed by atoms with Crippen molar-refractivity contribution in [1.82, 2.24) is 5.43 Å². The standard InChI is InChI=1S/C16H16N2O3/c1-3-10-21-14-8-5-12(11-15(14)20-2)4-6-13-7-9-16(19)18-17-13/h1,4-6,8,11H,7,9-10H2,2H3,(H,18,19). The Balaban J connectivity index is 2.10. The molecule has 2 rings (SSSR count). The Labute approximate surface area is 123 Å². The number of rotatable bonds is 5. The summed E-state index contributed by atoms with van der Waals surface area (Å²) in [7, 11) is 1.58. The van der Waals surface area contributed by atoms with Crippen LogP contribution in [0.1, 0.15) is 18.4 Å². The Morgan fingerprint density at radius 2 is 2.24 bits per heavy atom. The molecular formula is C16H16N2O3. The molecule has 0 radical (unpaired) electrons. The van der Waals surface area contributed by atoms with E-state index in [2.05, 4.69) is 16.4 Å². The van der Waals surface area contributed by atoms with Crippen LogP contribution in [0.4, 0.5) is 0 Å². The lowest BCUT2D eigenvalue weighted by Crippen LogP contribution is -2.24. The maximum Gasteiger partial charge on any atom is 0.240 e. The molecule has 1 amide bonds. The molecule has 1 aromatic carbocycles. The predicted octanol–water partition coefficient (Wildman–Crippen LogP) is 1.99. The number of benzene rings is 1. The van der Waals surface area contributed by atoms with E-state index in [1.54, 1.807) is 13.2 Å². The molecule has 0 aromatic heterocycles. The van der Waals surface area contributed by atoms with E-state index in [0.29, 0.717) is 24.3 Å². The van der Waals surface area contributed by atoms with Crippen LogP contribution in [-0.4, -0.2) is 25.3 Å². The topological polar surface area (TPSA) is 59.9 Å². The Kier molecular flexibility index (Phi) is 4.99. The van der Waals surface area contributed by atoms with Gasteiger partial charge in [0, 0.05) is 12.8 Å². The summed E-state index contributed by atoms with van der Waals surface area (Å²) in [6.45, 7) is 0.196. The van der Waals surface area contributed by atoms with Crippen molar-refractivity contribution in [3.63, 3.8) is 0 Å². The largest absolute Gasteiger partial charge is 0.493 e. The maximum atomic E-state index is 11.0. The predicted molar refractivity (Wildman–Crippen MR) is 81.2 cm³/mol. The van der Waals surface area contributed by atoms with Gasteiger partial charge in [-0.25, -0.2) is 5.43 Å². The van der Waals surface area contributed by atoms with Crippen LogP contribution >= 0.6 is 0 Å². The van der Waals surface area contributed by atoms with Crippen LogP contribution in [0.3, 0.4) is 0 Å². The minimum Gasteiger partial charge on any atom is -0.493 e. The van der Waals surface area contributed by atoms with Crippen molar-refractivity contribution in [2.75, 3.05) is 13.7 Å². The number of ether oxygens (including phenoxy) is 2. The van der Waals surface area contributed by atoms with E-state index >= 15 is 0 Å². The highest BCUT2D eigenvalue weighted by molar-refractivity contribution is 6.02. The molecule has 108 valence electrons. The van der Waals surface area contributed by atoms with Gasteiger partial charge in [0.05, 0.1) is 12.8 Å². The molecule has 1 N–H and O–H groups in total. The zero-order valence-electron chi connectivity index (χ0n) is 11.8. The molecule has 0 bridgehead atoms. The first-order valence-corrected chi connectivity index (χ1v) is 6.50. The van der Waals surface area contributed by atoms with Crippen molar-refractivity contribution in [1.29, 1.82) is 0 Å². The molecule has 0 spiro atoms. The first kappa shape index (κ1) is 14.7. The molecule has 21 heavy (non-hydrogen) atoms. The van der Waals surface area contributed by atoms with Crippen molar-refractivity contribution >= 4 is 17.7 Å². The number of allylic oxidation sites excluding steroid dienone is 1. The average molecular weight is 284 g/mol. The second kappa shape index (κ2) is 7.15. The van der Waals surface area contributed by atoms with Crippen LogP contribution < -0.4 is 14.9 Å². The van der Waals surface area contributed by atoms with Crippen LogP contribution in [-0.2, 0) is 4.79 Å². The molecule has 1 aromatic rings. The lowest BCUT2D eigenvalue weighted by molar-refractivity contribution is -0.121. The summed E-state index contributed by atoms with van der Waals surface area (Å²) < 4.78 is 10.7.